The molecule has 0 spiro atoms. The van der Waals surface area contributed by atoms with Crippen molar-refractivity contribution in [3.63, 3.8) is 0 Å². The molecule has 1 N–H and O–H groups in total. The van der Waals surface area contributed by atoms with Crippen LogP contribution in [0, 0.1) is 20.8 Å². The molecule has 140 valence electrons. The molecule has 28 heavy (non-hydrogen) atoms. The number of rotatable bonds is 4. The van der Waals surface area contributed by atoms with E-state index in [-0.39, 0.29) is 5.91 Å². The summed E-state index contributed by atoms with van der Waals surface area (Å²) in [4.78, 5) is 17.7. The third-order valence-electron chi connectivity index (χ3n) is 4.63. The minimum absolute atomic E-state index is 0.0893. The fourth-order valence-electron chi connectivity index (χ4n) is 3.03. The number of anilines is 1. The van der Waals surface area contributed by atoms with E-state index in [2.05, 4.69) is 42.3 Å². The quantitative estimate of drug-likeness (QED) is 0.450. The molecule has 0 aliphatic carbocycles. The molecule has 0 aliphatic rings. The van der Waals surface area contributed by atoms with Crippen LogP contribution < -0.4 is 5.32 Å². The van der Waals surface area contributed by atoms with Crippen molar-refractivity contribution in [1.29, 1.82) is 0 Å². The molecule has 0 fully saturated rings. The summed E-state index contributed by atoms with van der Waals surface area (Å²) in [5, 5.41) is 4.85. The van der Waals surface area contributed by atoms with Crippen LogP contribution in [0.2, 0.25) is 0 Å². The number of aryl methyl sites for hydroxylation is 3. The van der Waals surface area contributed by atoms with Crippen LogP contribution in [0.25, 0.3) is 22.7 Å². The molecule has 4 rings (SSSR count). The van der Waals surface area contributed by atoms with Gasteiger partial charge in [-0.3, -0.25) is 4.79 Å². The van der Waals surface area contributed by atoms with Gasteiger partial charge >= 0.3 is 0 Å². The number of hydrogen-bond acceptors (Lipinski definition) is 4. The number of carbonyl (C=O) groups excluding carboxylic acids is 1. The summed E-state index contributed by atoms with van der Waals surface area (Å²) >= 11 is 1.44. The normalized spacial score (nSPS) is 10.8. The molecule has 5 heteroatoms. The SMILES string of the molecule is Cc1ccc(C)c(-c2coc(-c3ccc(NC(=O)c4sccc4C)cc3)n2)c1. The van der Waals surface area contributed by atoms with Crippen molar-refractivity contribution in [2.75, 3.05) is 5.32 Å². The maximum absolute atomic E-state index is 12.3. The molecule has 2 aromatic carbocycles. The van der Waals surface area contributed by atoms with Gasteiger partial charge in [0.25, 0.3) is 5.91 Å². The minimum Gasteiger partial charge on any atom is -0.444 e. The number of carbonyl (C=O) groups is 1. The molecule has 0 saturated carbocycles. The van der Waals surface area contributed by atoms with E-state index < -0.39 is 0 Å². The summed E-state index contributed by atoms with van der Waals surface area (Å²) in [7, 11) is 0. The van der Waals surface area contributed by atoms with Gasteiger partial charge in [-0.05, 0) is 73.7 Å². The van der Waals surface area contributed by atoms with Gasteiger partial charge < -0.3 is 9.73 Å². The van der Waals surface area contributed by atoms with Gasteiger partial charge in [-0.1, -0.05) is 17.7 Å². The highest BCUT2D eigenvalue weighted by Gasteiger charge is 2.13. The Labute approximate surface area is 167 Å². The highest BCUT2D eigenvalue weighted by atomic mass is 32.1. The molecule has 0 saturated heterocycles. The predicted octanol–water partition coefficient (Wildman–Crippen LogP) is 6.25. The maximum atomic E-state index is 12.3. The van der Waals surface area contributed by atoms with Gasteiger partial charge in [-0.2, -0.15) is 0 Å². The minimum atomic E-state index is -0.0893. The average molecular weight is 388 g/mol. The van der Waals surface area contributed by atoms with E-state index in [0.717, 1.165) is 38.5 Å². The third-order valence-corrected chi connectivity index (χ3v) is 5.65. The summed E-state index contributed by atoms with van der Waals surface area (Å²) in [6.45, 7) is 6.06. The van der Waals surface area contributed by atoms with Gasteiger partial charge in [-0.25, -0.2) is 4.98 Å². The van der Waals surface area contributed by atoms with E-state index in [0.29, 0.717) is 5.89 Å². The maximum Gasteiger partial charge on any atom is 0.265 e. The summed E-state index contributed by atoms with van der Waals surface area (Å²) < 4.78 is 5.70. The topological polar surface area (TPSA) is 55.1 Å². The Kier molecular flexibility index (Phi) is 4.84. The van der Waals surface area contributed by atoms with Crippen LogP contribution in [0.1, 0.15) is 26.4 Å². The first-order chi connectivity index (χ1) is 13.5. The lowest BCUT2D eigenvalue weighted by molar-refractivity contribution is 0.103. The number of hydrogen-bond donors (Lipinski definition) is 1. The molecule has 4 nitrogen and oxygen atoms in total. The lowest BCUT2D eigenvalue weighted by Gasteiger charge is -2.05. The fourth-order valence-corrected chi connectivity index (χ4v) is 3.85. The van der Waals surface area contributed by atoms with Crippen LogP contribution in [0.4, 0.5) is 5.69 Å². The molecular weight excluding hydrogens is 368 g/mol. The number of thiophene rings is 1. The Bertz CT molecular complexity index is 1140. The number of nitrogens with zero attached hydrogens (tertiary/aromatic N) is 1. The Balaban J connectivity index is 1.53. The lowest BCUT2D eigenvalue weighted by atomic mass is 10.0. The molecule has 1 amide bonds. The summed E-state index contributed by atoms with van der Waals surface area (Å²) in [6, 6.07) is 15.7. The standard InChI is InChI=1S/C23H20N2O2S/c1-14-4-5-15(2)19(12-14)20-13-27-23(25-20)17-6-8-18(9-7-17)24-22(26)21-16(3)10-11-28-21/h4-13H,1-3H3,(H,24,26). The Morgan fingerprint density at radius 1 is 1.00 bits per heavy atom. The third kappa shape index (κ3) is 3.62. The second-order valence-electron chi connectivity index (χ2n) is 6.82. The molecule has 2 heterocycles. The van der Waals surface area contributed by atoms with Crippen molar-refractivity contribution in [3.8, 4) is 22.7 Å². The zero-order valence-corrected chi connectivity index (χ0v) is 16.8. The first-order valence-corrected chi connectivity index (χ1v) is 9.88. The van der Waals surface area contributed by atoms with Gasteiger partial charge in [0.15, 0.2) is 0 Å². The Morgan fingerprint density at radius 3 is 2.50 bits per heavy atom. The van der Waals surface area contributed by atoms with Crippen molar-refractivity contribution in [2.24, 2.45) is 0 Å². The van der Waals surface area contributed by atoms with Crippen molar-refractivity contribution in [3.05, 3.63) is 81.7 Å². The smallest absolute Gasteiger partial charge is 0.265 e. The van der Waals surface area contributed by atoms with Crippen LogP contribution in [0.3, 0.4) is 0 Å². The largest absolute Gasteiger partial charge is 0.444 e. The Hall–Kier alpha value is -3.18. The summed E-state index contributed by atoms with van der Waals surface area (Å²) in [6.07, 6.45) is 1.69. The first-order valence-electron chi connectivity index (χ1n) is 9.00. The number of oxazole rings is 1. The molecule has 0 unspecified atom stereocenters. The number of aromatic nitrogens is 1. The molecule has 4 aromatic rings. The van der Waals surface area contributed by atoms with Crippen molar-refractivity contribution in [1.82, 2.24) is 4.98 Å². The number of nitrogens with one attached hydrogen (secondary N) is 1. The molecule has 0 atom stereocenters. The van der Waals surface area contributed by atoms with E-state index in [4.69, 9.17) is 4.42 Å². The van der Waals surface area contributed by atoms with Crippen LogP contribution in [0.5, 0.6) is 0 Å². The zero-order valence-electron chi connectivity index (χ0n) is 15.9. The highest BCUT2D eigenvalue weighted by Crippen LogP contribution is 2.28. The van der Waals surface area contributed by atoms with Crippen molar-refractivity contribution < 1.29 is 9.21 Å². The zero-order chi connectivity index (χ0) is 19.7. The van der Waals surface area contributed by atoms with Gasteiger partial charge in [-0.15, -0.1) is 11.3 Å². The molecular formula is C23H20N2O2S. The van der Waals surface area contributed by atoms with Gasteiger partial charge in [0.05, 0.1) is 4.88 Å². The second kappa shape index (κ2) is 7.44. The molecule has 0 radical (unpaired) electrons. The lowest BCUT2D eigenvalue weighted by Crippen LogP contribution is -2.11. The van der Waals surface area contributed by atoms with Gasteiger partial charge in [0, 0.05) is 16.8 Å². The van der Waals surface area contributed by atoms with Crippen LogP contribution in [-0.4, -0.2) is 10.9 Å². The fraction of sp³-hybridized carbons (Fsp3) is 0.130. The van der Waals surface area contributed by atoms with E-state index in [1.54, 1.807) is 6.26 Å². The molecule has 0 aliphatic heterocycles. The van der Waals surface area contributed by atoms with E-state index in [9.17, 15) is 4.79 Å². The van der Waals surface area contributed by atoms with Gasteiger partial charge in [0.1, 0.15) is 12.0 Å². The number of amides is 1. The summed E-state index contributed by atoms with van der Waals surface area (Å²) in [5.41, 5.74) is 6.83. The van der Waals surface area contributed by atoms with Crippen LogP contribution in [0.15, 0.2) is 64.6 Å². The van der Waals surface area contributed by atoms with Crippen molar-refractivity contribution in [2.45, 2.75) is 20.8 Å². The highest BCUT2D eigenvalue weighted by molar-refractivity contribution is 7.12. The van der Waals surface area contributed by atoms with Crippen LogP contribution in [-0.2, 0) is 0 Å². The monoisotopic (exact) mass is 388 g/mol. The molecule has 0 bridgehead atoms. The summed E-state index contributed by atoms with van der Waals surface area (Å²) in [5.74, 6) is 0.469. The Morgan fingerprint density at radius 2 is 1.79 bits per heavy atom. The van der Waals surface area contributed by atoms with E-state index in [1.165, 1.54) is 16.9 Å². The van der Waals surface area contributed by atoms with Crippen LogP contribution >= 0.6 is 11.3 Å². The van der Waals surface area contributed by atoms with Gasteiger partial charge in [0.2, 0.25) is 5.89 Å². The van der Waals surface area contributed by atoms with E-state index >= 15 is 0 Å². The van der Waals surface area contributed by atoms with Crippen molar-refractivity contribution >= 4 is 22.9 Å². The first kappa shape index (κ1) is 18.2. The molecule has 2 aromatic heterocycles. The van der Waals surface area contributed by atoms with E-state index in [1.807, 2.05) is 42.6 Å². The average Bonchev–Trinajstić information content (AvgIpc) is 3.33. The predicted molar refractivity (Wildman–Crippen MR) is 114 cm³/mol. The second-order valence-corrected chi connectivity index (χ2v) is 7.74. The number of benzene rings is 2.